The Kier molecular flexibility index (Phi) is 56.7. The van der Waals surface area contributed by atoms with Crippen molar-refractivity contribution in [2.24, 2.45) is 5.73 Å². The zero-order valence-corrected chi connectivity index (χ0v) is 48.3. The number of phosphoric ester groups is 1. The van der Waals surface area contributed by atoms with Gasteiger partial charge in [-0.1, -0.05) is 267 Å². The molecule has 0 saturated heterocycles. The smallest absolute Gasteiger partial charge is 0.462 e. The van der Waals surface area contributed by atoms with Gasteiger partial charge in [-0.3, -0.25) is 18.6 Å². The first-order valence-electron chi connectivity index (χ1n) is 30.4. The van der Waals surface area contributed by atoms with Crippen molar-refractivity contribution in [1.82, 2.24) is 0 Å². The van der Waals surface area contributed by atoms with E-state index in [1.54, 1.807) is 0 Å². The molecule has 0 fully saturated rings. The summed E-state index contributed by atoms with van der Waals surface area (Å²) in [6, 6.07) is 0. The summed E-state index contributed by atoms with van der Waals surface area (Å²) in [5.41, 5.74) is 5.37. The lowest BCUT2D eigenvalue weighted by atomic mass is 10.0. The maximum Gasteiger partial charge on any atom is 0.472 e. The number of carbonyl (C=O) groups excluding carboxylic acids is 2. The van der Waals surface area contributed by atoms with E-state index in [9.17, 15) is 19.0 Å². The molecule has 10 heteroatoms. The lowest BCUT2D eigenvalue weighted by molar-refractivity contribution is -0.161. The Balaban J connectivity index is 3.75. The average molecular weight is 1040 g/mol. The van der Waals surface area contributed by atoms with Crippen molar-refractivity contribution in [2.75, 3.05) is 26.4 Å². The van der Waals surface area contributed by atoms with Gasteiger partial charge < -0.3 is 20.1 Å². The van der Waals surface area contributed by atoms with Crippen molar-refractivity contribution in [1.29, 1.82) is 0 Å². The van der Waals surface area contributed by atoms with E-state index in [-0.39, 0.29) is 32.6 Å². The largest absolute Gasteiger partial charge is 0.472 e. The third-order valence-electron chi connectivity index (χ3n) is 13.1. The van der Waals surface area contributed by atoms with Crippen molar-refractivity contribution in [2.45, 2.75) is 290 Å². The highest BCUT2D eigenvalue weighted by Gasteiger charge is 2.26. The van der Waals surface area contributed by atoms with Crippen LogP contribution in [0.2, 0.25) is 0 Å². The van der Waals surface area contributed by atoms with Gasteiger partial charge >= 0.3 is 19.8 Å². The van der Waals surface area contributed by atoms with Crippen molar-refractivity contribution in [3.05, 3.63) is 72.9 Å². The number of phosphoric acid groups is 1. The van der Waals surface area contributed by atoms with Gasteiger partial charge in [0.1, 0.15) is 6.61 Å². The minimum atomic E-state index is -4.39. The number of carbonyl (C=O) groups is 2. The first-order chi connectivity index (χ1) is 35.8. The van der Waals surface area contributed by atoms with Crippen LogP contribution in [-0.4, -0.2) is 49.3 Å². The quantitative estimate of drug-likeness (QED) is 0.0264. The molecule has 0 saturated carbocycles. The van der Waals surface area contributed by atoms with Gasteiger partial charge in [-0.25, -0.2) is 4.57 Å². The molecular formula is C63H114NO8P. The minimum absolute atomic E-state index is 0.0512. The second kappa shape index (κ2) is 58.7. The fourth-order valence-electron chi connectivity index (χ4n) is 8.61. The van der Waals surface area contributed by atoms with Crippen LogP contribution in [0, 0.1) is 0 Å². The van der Waals surface area contributed by atoms with E-state index in [0.29, 0.717) is 12.8 Å². The van der Waals surface area contributed by atoms with Crippen LogP contribution in [0.3, 0.4) is 0 Å². The molecule has 0 amide bonds. The molecule has 2 unspecified atom stereocenters. The number of hydrogen-bond donors (Lipinski definition) is 2. The Morgan fingerprint density at radius 2 is 0.753 bits per heavy atom. The van der Waals surface area contributed by atoms with Gasteiger partial charge in [-0.05, 0) is 77.0 Å². The third-order valence-corrected chi connectivity index (χ3v) is 14.0. The summed E-state index contributed by atoms with van der Waals surface area (Å²) in [5, 5.41) is 0. The van der Waals surface area contributed by atoms with Gasteiger partial charge in [-0.2, -0.15) is 0 Å². The Morgan fingerprint density at radius 1 is 0.425 bits per heavy atom. The Hall–Kier alpha value is -2.55. The molecule has 0 rings (SSSR count). The van der Waals surface area contributed by atoms with Gasteiger partial charge in [0.15, 0.2) is 6.10 Å². The molecule has 0 bridgehead atoms. The van der Waals surface area contributed by atoms with Gasteiger partial charge in [0, 0.05) is 19.4 Å². The Labute approximate surface area is 450 Å². The molecule has 3 N–H and O–H groups in total. The first kappa shape index (κ1) is 70.5. The zero-order chi connectivity index (χ0) is 53.1. The van der Waals surface area contributed by atoms with Gasteiger partial charge in [0.25, 0.3) is 0 Å². The van der Waals surface area contributed by atoms with Crippen molar-refractivity contribution in [3.8, 4) is 0 Å². The molecular weight excluding hydrogens is 930 g/mol. The van der Waals surface area contributed by atoms with Crippen LogP contribution in [0.1, 0.15) is 284 Å². The summed E-state index contributed by atoms with van der Waals surface area (Å²) in [6.45, 7) is 3.57. The van der Waals surface area contributed by atoms with E-state index in [1.807, 2.05) is 0 Å². The highest BCUT2D eigenvalue weighted by atomic mass is 31.2. The van der Waals surface area contributed by atoms with E-state index < -0.39 is 32.5 Å². The molecule has 0 spiro atoms. The number of esters is 2. The molecule has 0 aliphatic carbocycles. The maximum absolute atomic E-state index is 12.7. The molecule has 0 aliphatic rings. The van der Waals surface area contributed by atoms with Crippen LogP contribution < -0.4 is 5.73 Å². The van der Waals surface area contributed by atoms with E-state index in [4.69, 9.17) is 24.3 Å². The molecule has 0 aromatic heterocycles. The number of nitrogens with two attached hydrogens (primary N) is 1. The summed E-state index contributed by atoms with van der Waals surface area (Å²) >= 11 is 0. The minimum Gasteiger partial charge on any atom is -0.462 e. The van der Waals surface area contributed by atoms with Crippen LogP contribution in [0.15, 0.2) is 72.9 Å². The summed E-state index contributed by atoms with van der Waals surface area (Å²) in [5.74, 6) is -0.836. The zero-order valence-electron chi connectivity index (χ0n) is 47.4. The van der Waals surface area contributed by atoms with Crippen molar-refractivity contribution in [3.63, 3.8) is 0 Å². The van der Waals surface area contributed by atoms with Crippen LogP contribution in [-0.2, 0) is 32.7 Å². The molecule has 424 valence electrons. The second-order valence-corrected chi connectivity index (χ2v) is 21.6. The molecule has 2 atom stereocenters. The highest BCUT2D eigenvalue weighted by molar-refractivity contribution is 7.47. The third kappa shape index (κ3) is 58.6. The van der Waals surface area contributed by atoms with E-state index in [1.165, 1.54) is 161 Å². The predicted octanol–water partition coefficient (Wildman–Crippen LogP) is 19.3. The molecule has 0 heterocycles. The lowest BCUT2D eigenvalue weighted by Crippen LogP contribution is -2.29. The van der Waals surface area contributed by atoms with Crippen LogP contribution in [0.4, 0.5) is 0 Å². The van der Waals surface area contributed by atoms with Crippen LogP contribution in [0.5, 0.6) is 0 Å². The summed E-state index contributed by atoms with van der Waals surface area (Å²) in [4.78, 5) is 35.1. The predicted molar refractivity (Wildman–Crippen MR) is 312 cm³/mol. The number of hydrogen-bond acceptors (Lipinski definition) is 8. The van der Waals surface area contributed by atoms with Crippen LogP contribution in [0.25, 0.3) is 0 Å². The molecule has 9 nitrogen and oxygen atoms in total. The number of unbranched alkanes of at least 4 members (excludes halogenated alkanes) is 32. The topological polar surface area (TPSA) is 134 Å². The van der Waals surface area contributed by atoms with Crippen molar-refractivity contribution < 1.29 is 37.6 Å². The van der Waals surface area contributed by atoms with Gasteiger partial charge in [0.2, 0.25) is 0 Å². The molecule has 0 aromatic carbocycles. The van der Waals surface area contributed by atoms with E-state index in [2.05, 4.69) is 86.8 Å². The number of rotatable bonds is 57. The summed E-state index contributed by atoms with van der Waals surface area (Å²) < 4.78 is 33.0. The Bertz CT molecular complexity index is 1420. The number of ether oxygens (including phenoxy) is 2. The first-order valence-corrected chi connectivity index (χ1v) is 31.9. The Morgan fingerprint density at radius 3 is 1.12 bits per heavy atom. The molecule has 73 heavy (non-hydrogen) atoms. The van der Waals surface area contributed by atoms with E-state index in [0.717, 1.165) is 83.5 Å². The molecule has 0 aliphatic heterocycles. The van der Waals surface area contributed by atoms with Crippen LogP contribution >= 0.6 is 7.82 Å². The fraction of sp³-hybridized carbons (Fsp3) is 0.778. The summed E-state index contributed by atoms with van der Waals surface area (Å²) in [6.07, 6.45) is 75.7. The van der Waals surface area contributed by atoms with E-state index >= 15 is 0 Å². The molecule has 0 radical (unpaired) electrons. The standard InChI is InChI=1S/C63H114NO8P/c1-3-5-7-9-11-13-15-17-18-19-20-21-22-23-24-25-26-27-28-29-30-31-32-33-34-35-36-37-38-39-40-41-42-44-46-48-50-52-54-56-63(66)72-61(60-71-73(67,68)70-58-57-64)59-69-62(65)55-53-51-49-47-45-43-16-14-12-10-8-6-4-2/h5,7-8,10-11,13-14,16-18,20-21,61H,3-4,6,9,12,15,19,22-60,64H2,1-2H3,(H,67,68)/b7-5-,10-8-,13-11-,16-14-,18-17-,21-20-. The molecule has 0 aromatic rings. The lowest BCUT2D eigenvalue weighted by Gasteiger charge is -2.19. The van der Waals surface area contributed by atoms with Crippen molar-refractivity contribution >= 4 is 19.8 Å². The van der Waals surface area contributed by atoms with Gasteiger partial charge in [0.05, 0.1) is 13.2 Å². The normalized spacial score (nSPS) is 13.5. The monoisotopic (exact) mass is 1040 g/mol. The second-order valence-electron chi connectivity index (χ2n) is 20.2. The highest BCUT2D eigenvalue weighted by Crippen LogP contribution is 2.43. The van der Waals surface area contributed by atoms with Gasteiger partial charge in [-0.15, -0.1) is 0 Å². The fourth-order valence-corrected chi connectivity index (χ4v) is 9.37. The maximum atomic E-state index is 12.7. The number of allylic oxidation sites excluding steroid dienone is 12. The summed E-state index contributed by atoms with van der Waals surface area (Å²) in [7, 11) is -4.39. The SMILES string of the molecule is CC/C=C\C/C=C\C/C=C\C/C=C\CCCCCCCCCCCCCCCCCCCCCCCCCCCCC(=O)OC(COC(=O)CCCCCCC/C=C\C/C=C\CCC)COP(=O)(O)OCCN. The average Bonchev–Trinajstić information content (AvgIpc) is 3.38.